The van der Waals surface area contributed by atoms with Gasteiger partial charge in [-0.05, 0) is 0 Å². The van der Waals surface area contributed by atoms with Crippen LogP contribution in [0.3, 0.4) is 0 Å². The SMILES string of the molecule is COc1cc(C=O)c([N+](=O)[O-])cc1OCCBr. The first-order chi connectivity index (χ1) is 8.13. The van der Waals surface area contributed by atoms with Gasteiger partial charge in [0.15, 0.2) is 17.8 Å². The van der Waals surface area contributed by atoms with Crippen molar-refractivity contribution in [3.05, 3.63) is 27.8 Å². The monoisotopic (exact) mass is 303 g/mol. The van der Waals surface area contributed by atoms with Gasteiger partial charge in [0.25, 0.3) is 5.69 Å². The van der Waals surface area contributed by atoms with Crippen molar-refractivity contribution < 1.29 is 19.2 Å². The highest BCUT2D eigenvalue weighted by atomic mass is 79.9. The molecule has 1 aromatic rings. The Kier molecular flexibility index (Phi) is 4.89. The molecule has 0 amide bonds. The number of halogens is 1. The molecule has 0 N–H and O–H groups in total. The molecule has 0 atom stereocenters. The Hall–Kier alpha value is -1.63. The van der Waals surface area contributed by atoms with Crippen molar-refractivity contribution >= 4 is 27.9 Å². The maximum absolute atomic E-state index is 10.7. The Balaban J connectivity index is 3.23. The van der Waals surface area contributed by atoms with Gasteiger partial charge in [0.05, 0.1) is 30.3 Å². The van der Waals surface area contributed by atoms with E-state index in [1.165, 1.54) is 19.2 Å². The predicted molar refractivity (Wildman–Crippen MR) is 64.3 cm³/mol. The number of alkyl halides is 1. The number of ether oxygens (including phenoxy) is 2. The van der Waals surface area contributed by atoms with Crippen molar-refractivity contribution in [2.45, 2.75) is 0 Å². The van der Waals surface area contributed by atoms with Crippen LogP contribution < -0.4 is 9.47 Å². The zero-order chi connectivity index (χ0) is 12.8. The van der Waals surface area contributed by atoms with Crippen molar-refractivity contribution in [2.75, 3.05) is 19.0 Å². The predicted octanol–water partition coefficient (Wildman–Crippen LogP) is 2.19. The zero-order valence-electron chi connectivity index (χ0n) is 9.01. The number of hydrogen-bond donors (Lipinski definition) is 0. The summed E-state index contributed by atoms with van der Waals surface area (Å²) in [6, 6.07) is 2.47. The molecule has 0 saturated heterocycles. The summed E-state index contributed by atoms with van der Waals surface area (Å²) in [7, 11) is 1.40. The van der Waals surface area contributed by atoms with Crippen LogP contribution in [0.15, 0.2) is 12.1 Å². The molecule has 6 nitrogen and oxygen atoms in total. The molecule has 0 aromatic heterocycles. The van der Waals surface area contributed by atoms with Crippen LogP contribution in [0.25, 0.3) is 0 Å². The highest BCUT2D eigenvalue weighted by Crippen LogP contribution is 2.33. The number of carbonyl (C=O) groups is 1. The van der Waals surface area contributed by atoms with Gasteiger partial charge >= 0.3 is 0 Å². The van der Waals surface area contributed by atoms with Crippen molar-refractivity contribution in [3.8, 4) is 11.5 Å². The van der Waals surface area contributed by atoms with Crippen molar-refractivity contribution in [1.29, 1.82) is 0 Å². The van der Waals surface area contributed by atoms with Crippen molar-refractivity contribution in [2.24, 2.45) is 0 Å². The highest BCUT2D eigenvalue weighted by Gasteiger charge is 2.19. The molecule has 0 unspecified atom stereocenters. The summed E-state index contributed by atoms with van der Waals surface area (Å²) in [5, 5.41) is 11.3. The molecule has 0 saturated carbocycles. The summed E-state index contributed by atoms with van der Waals surface area (Å²) in [6.07, 6.45) is 0.412. The summed E-state index contributed by atoms with van der Waals surface area (Å²) in [4.78, 5) is 20.8. The van der Waals surface area contributed by atoms with Gasteiger partial charge in [0.2, 0.25) is 0 Å². The van der Waals surface area contributed by atoms with Crippen LogP contribution in [0.1, 0.15) is 10.4 Å². The van der Waals surface area contributed by atoms with Crippen LogP contribution in [-0.2, 0) is 0 Å². The first-order valence-electron chi connectivity index (χ1n) is 4.64. The van der Waals surface area contributed by atoms with Gasteiger partial charge in [-0.25, -0.2) is 0 Å². The molecule has 0 radical (unpaired) electrons. The summed E-state index contributed by atoms with van der Waals surface area (Å²) < 4.78 is 10.3. The van der Waals surface area contributed by atoms with Gasteiger partial charge in [-0.15, -0.1) is 0 Å². The van der Waals surface area contributed by atoms with E-state index >= 15 is 0 Å². The molecule has 0 fully saturated rings. The molecule has 0 aliphatic heterocycles. The Morgan fingerprint density at radius 2 is 2.18 bits per heavy atom. The molecule has 7 heteroatoms. The lowest BCUT2D eigenvalue weighted by molar-refractivity contribution is -0.385. The lowest BCUT2D eigenvalue weighted by Gasteiger charge is -2.10. The lowest BCUT2D eigenvalue weighted by atomic mass is 10.1. The number of hydrogen-bond acceptors (Lipinski definition) is 5. The number of nitro benzene ring substituents is 1. The van der Waals surface area contributed by atoms with Gasteiger partial charge in [-0.1, -0.05) is 15.9 Å². The average molecular weight is 304 g/mol. The maximum atomic E-state index is 10.7. The Morgan fingerprint density at radius 3 is 2.65 bits per heavy atom. The fraction of sp³-hybridized carbons (Fsp3) is 0.300. The van der Waals surface area contributed by atoms with Crippen molar-refractivity contribution in [3.63, 3.8) is 0 Å². The normalized spacial score (nSPS) is 9.76. The van der Waals surface area contributed by atoms with E-state index in [1.807, 2.05) is 0 Å². The maximum Gasteiger partial charge on any atom is 0.283 e. The second-order valence-electron chi connectivity index (χ2n) is 2.97. The summed E-state index contributed by atoms with van der Waals surface area (Å²) >= 11 is 3.17. The minimum absolute atomic E-state index is 0.0435. The standard InChI is InChI=1S/C10H10BrNO5/c1-16-9-4-7(6-13)8(12(14)15)5-10(9)17-3-2-11/h4-6H,2-3H2,1H3. The number of carbonyl (C=O) groups excluding carboxylic acids is 1. The lowest BCUT2D eigenvalue weighted by Crippen LogP contribution is -2.02. The second kappa shape index (κ2) is 6.19. The van der Waals surface area contributed by atoms with Crippen LogP contribution in [0.4, 0.5) is 5.69 Å². The summed E-state index contributed by atoms with van der Waals surface area (Å²) in [5.74, 6) is 0.530. The van der Waals surface area contributed by atoms with Gasteiger partial charge in [-0.3, -0.25) is 14.9 Å². The first kappa shape index (κ1) is 13.4. The zero-order valence-corrected chi connectivity index (χ0v) is 10.6. The van der Waals surface area contributed by atoms with E-state index in [0.29, 0.717) is 24.0 Å². The number of aldehydes is 1. The topological polar surface area (TPSA) is 78.7 Å². The second-order valence-corrected chi connectivity index (χ2v) is 3.77. The van der Waals surface area contributed by atoms with E-state index in [4.69, 9.17) is 9.47 Å². The van der Waals surface area contributed by atoms with Crippen LogP contribution in [-0.4, -0.2) is 30.3 Å². The van der Waals surface area contributed by atoms with E-state index < -0.39 is 4.92 Å². The Morgan fingerprint density at radius 1 is 1.47 bits per heavy atom. The molecule has 0 heterocycles. The van der Waals surface area contributed by atoms with E-state index in [0.717, 1.165) is 0 Å². The molecule has 0 aliphatic rings. The van der Waals surface area contributed by atoms with Crippen molar-refractivity contribution in [1.82, 2.24) is 0 Å². The van der Waals surface area contributed by atoms with E-state index in [1.54, 1.807) is 0 Å². The third-order valence-corrected chi connectivity index (χ3v) is 2.30. The molecule has 92 valence electrons. The Labute approximate surface area is 106 Å². The fourth-order valence-electron chi connectivity index (χ4n) is 1.24. The number of benzene rings is 1. The molecule has 0 bridgehead atoms. The molecule has 1 aromatic carbocycles. The molecular formula is C10H10BrNO5. The minimum atomic E-state index is -0.635. The molecular weight excluding hydrogens is 294 g/mol. The van der Waals surface area contributed by atoms with Gasteiger partial charge in [0.1, 0.15) is 0 Å². The number of rotatable bonds is 6. The first-order valence-corrected chi connectivity index (χ1v) is 5.76. The molecule has 17 heavy (non-hydrogen) atoms. The quantitative estimate of drug-likeness (QED) is 0.348. The minimum Gasteiger partial charge on any atom is -0.493 e. The third-order valence-electron chi connectivity index (χ3n) is 1.97. The highest BCUT2D eigenvalue weighted by molar-refractivity contribution is 9.09. The smallest absolute Gasteiger partial charge is 0.283 e. The fourth-order valence-corrected chi connectivity index (χ4v) is 1.40. The average Bonchev–Trinajstić information content (AvgIpc) is 2.34. The molecule has 1 rings (SSSR count). The molecule has 0 aliphatic carbocycles. The largest absolute Gasteiger partial charge is 0.493 e. The van der Waals surface area contributed by atoms with E-state index in [-0.39, 0.29) is 17.0 Å². The van der Waals surface area contributed by atoms with Crippen LogP contribution in [0, 0.1) is 10.1 Å². The van der Waals surface area contributed by atoms with Gasteiger partial charge in [-0.2, -0.15) is 0 Å². The Bertz CT molecular complexity index is 435. The van der Waals surface area contributed by atoms with Crippen LogP contribution >= 0.6 is 15.9 Å². The van der Waals surface area contributed by atoms with Crippen LogP contribution in [0.2, 0.25) is 0 Å². The molecule has 0 spiro atoms. The van der Waals surface area contributed by atoms with Crippen LogP contribution in [0.5, 0.6) is 11.5 Å². The number of nitrogens with zero attached hydrogens (tertiary/aromatic N) is 1. The van der Waals surface area contributed by atoms with E-state index in [2.05, 4.69) is 15.9 Å². The summed E-state index contributed by atoms with van der Waals surface area (Å²) in [5.41, 5.74) is -0.344. The van der Waals surface area contributed by atoms with Gasteiger partial charge < -0.3 is 9.47 Å². The van der Waals surface area contributed by atoms with Gasteiger partial charge in [0, 0.05) is 11.4 Å². The van der Waals surface area contributed by atoms with E-state index in [9.17, 15) is 14.9 Å². The summed E-state index contributed by atoms with van der Waals surface area (Å²) in [6.45, 7) is 0.341. The third kappa shape index (κ3) is 3.16. The number of methoxy groups -OCH3 is 1. The number of nitro groups is 1.